The molecule has 4 nitrogen and oxygen atoms in total. The van der Waals surface area contributed by atoms with Crippen LogP contribution in [0.5, 0.6) is 0 Å². The summed E-state index contributed by atoms with van der Waals surface area (Å²) >= 11 is 0. The smallest absolute Gasteiger partial charge is 0.241 e. The largest absolute Gasteiger partial charge is 0.397 e. The zero-order valence-corrected chi connectivity index (χ0v) is 12.2. The van der Waals surface area contributed by atoms with Crippen LogP contribution >= 0.6 is 0 Å². The van der Waals surface area contributed by atoms with Crippen LogP contribution < -0.4 is 11.1 Å². The van der Waals surface area contributed by atoms with Crippen molar-refractivity contribution in [3.05, 3.63) is 24.0 Å². The lowest BCUT2D eigenvalue weighted by Crippen LogP contribution is -2.40. The van der Waals surface area contributed by atoms with Gasteiger partial charge in [-0.2, -0.15) is 0 Å². The summed E-state index contributed by atoms with van der Waals surface area (Å²) in [6.45, 7) is 5.01. The summed E-state index contributed by atoms with van der Waals surface area (Å²) in [6.07, 6.45) is 1.24. The Morgan fingerprint density at radius 1 is 1.60 bits per heavy atom. The SMILES string of the molecule is CC1CC1CN(C)C(C)C(=O)Nc1ccc(F)cc1N. The Balaban J connectivity index is 1.92. The summed E-state index contributed by atoms with van der Waals surface area (Å²) in [6, 6.07) is 3.73. The predicted octanol–water partition coefficient (Wildman–Crippen LogP) is 2.32. The number of carbonyl (C=O) groups is 1. The molecule has 1 aliphatic carbocycles. The summed E-state index contributed by atoms with van der Waals surface area (Å²) in [7, 11) is 1.95. The number of nitrogens with zero attached hydrogens (tertiary/aromatic N) is 1. The van der Waals surface area contributed by atoms with Crippen molar-refractivity contribution in [3.8, 4) is 0 Å². The fraction of sp³-hybridized carbons (Fsp3) is 0.533. The van der Waals surface area contributed by atoms with Crippen LogP contribution in [-0.2, 0) is 4.79 Å². The first kappa shape index (κ1) is 14.8. The highest BCUT2D eigenvalue weighted by molar-refractivity contribution is 5.97. The van der Waals surface area contributed by atoms with Crippen LogP contribution in [0, 0.1) is 17.7 Å². The van der Waals surface area contributed by atoms with Gasteiger partial charge >= 0.3 is 0 Å². The quantitative estimate of drug-likeness (QED) is 0.813. The van der Waals surface area contributed by atoms with Gasteiger partial charge < -0.3 is 11.1 Å². The fourth-order valence-corrected chi connectivity index (χ4v) is 2.27. The minimum atomic E-state index is -0.409. The second kappa shape index (κ2) is 5.79. The number of likely N-dealkylation sites (N-methyl/N-ethyl adjacent to an activating group) is 1. The van der Waals surface area contributed by atoms with Crippen molar-refractivity contribution in [2.45, 2.75) is 26.3 Å². The lowest BCUT2D eigenvalue weighted by molar-refractivity contribution is -0.120. The highest BCUT2D eigenvalue weighted by Gasteiger charge is 2.34. The van der Waals surface area contributed by atoms with E-state index in [0.29, 0.717) is 11.6 Å². The maximum Gasteiger partial charge on any atom is 0.241 e. The minimum Gasteiger partial charge on any atom is -0.397 e. The maximum atomic E-state index is 13.0. The Labute approximate surface area is 119 Å². The summed E-state index contributed by atoms with van der Waals surface area (Å²) in [5.41, 5.74) is 6.38. The molecule has 1 amide bonds. The van der Waals surface area contributed by atoms with E-state index in [1.165, 1.54) is 24.6 Å². The number of carbonyl (C=O) groups excluding carboxylic acids is 1. The molecule has 0 aliphatic heterocycles. The van der Waals surface area contributed by atoms with Crippen LogP contribution in [0.2, 0.25) is 0 Å². The van der Waals surface area contributed by atoms with E-state index in [0.717, 1.165) is 12.5 Å². The Morgan fingerprint density at radius 3 is 2.80 bits per heavy atom. The molecule has 3 atom stereocenters. The molecule has 0 aromatic heterocycles. The van der Waals surface area contributed by atoms with Crippen molar-refractivity contribution in [2.75, 3.05) is 24.6 Å². The number of benzene rings is 1. The number of amides is 1. The first-order valence-electron chi connectivity index (χ1n) is 6.94. The monoisotopic (exact) mass is 279 g/mol. The zero-order chi connectivity index (χ0) is 14.9. The molecule has 3 N–H and O–H groups in total. The van der Waals surface area contributed by atoms with E-state index in [2.05, 4.69) is 12.2 Å². The van der Waals surface area contributed by atoms with E-state index in [1.807, 2.05) is 18.9 Å². The van der Waals surface area contributed by atoms with Crippen LogP contribution in [0.4, 0.5) is 15.8 Å². The van der Waals surface area contributed by atoms with Crippen molar-refractivity contribution < 1.29 is 9.18 Å². The minimum absolute atomic E-state index is 0.126. The lowest BCUT2D eigenvalue weighted by Gasteiger charge is -2.24. The number of nitrogens with two attached hydrogens (primary N) is 1. The summed E-state index contributed by atoms with van der Waals surface area (Å²) in [5.74, 6) is 0.930. The van der Waals surface area contributed by atoms with E-state index in [4.69, 9.17) is 5.73 Å². The second-order valence-electron chi connectivity index (χ2n) is 5.81. The number of nitrogens with one attached hydrogen (secondary N) is 1. The number of hydrogen-bond acceptors (Lipinski definition) is 3. The third-order valence-corrected chi connectivity index (χ3v) is 4.11. The van der Waals surface area contributed by atoms with Crippen LogP contribution in [0.25, 0.3) is 0 Å². The zero-order valence-electron chi connectivity index (χ0n) is 12.2. The number of nitrogen functional groups attached to an aromatic ring is 1. The van der Waals surface area contributed by atoms with Crippen LogP contribution in [-0.4, -0.2) is 30.4 Å². The summed E-state index contributed by atoms with van der Waals surface area (Å²) in [5, 5.41) is 2.75. The molecule has 110 valence electrons. The van der Waals surface area contributed by atoms with Gasteiger partial charge in [0.05, 0.1) is 17.4 Å². The summed E-state index contributed by atoms with van der Waals surface area (Å²) in [4.78, 5) is 14.2. The average Bonchev–Trinajstić information content (AvgIpc) is 3.07. The van der Waals surface area contributed by atoms with Gasteiger partial charge in [-0.1, -0.05) is 6.92 Å². The molecular formula is C15H22FN3O. The van der Waals surface area contributed by atoms with Gasteiger partial charge in [-0.15, -0.1) is 0 Å². The van der Waals surface area contributed by atoms with Gasteiger partial charge in [-0.25, -0.2) is 4.39 Å². The van der Waals surface area contributed by atoms with Crippen molar-refractivity contribution in [3.63, 3.8) is 0 Å². The molecule has 0 radical (unpaired) electrons. The Bertz CT molecular complexity index is 506. The highest BCUT2D eigenvalue weighted by atomic mass is 19.1. The number of anilines is 2. The number of hydrogen-bond donors (Lipinski definition) is 2. The van der Waals surface area contributed by atoms with Crippen molar-refractivity contribution >= 4 is 17.3 Å². The first-order chi connectivity index (χ1) is 9.38. The van der Waals surface area contributed by atoms with Gasteiger partial charge in [0.25, 0.3) is 0 Å². The summed E-state index contributed by atoms with van der Waals surface area (Å²) < 4.78 is 13.0. The molecule has 20 heavy (non-hydrogen) atoms. The van der Waals surface area contributed by atoms with E-state index in [1.54, 1.807) is 0 Å². The topological polar surface area (TPSA) is 58.4 Å². The van der Waals surface area contributed by atoms with E-state index in [9.17, 15) is 9.18 Å². The van der Waals surface area contributed by atoms with Gasteiger partial charge in [0.2, 0.25) is 5.91 Å². The van der Waals surface area contributed by atoms with Gasteiger partial charge in [0, 0.05) is 6.54 Å². The van der Waals surface area contributed by atoms with Gasteiger partial charge in [0.15, 0.2) is 0 Å². The third kappa shape index (κ3) is 3.48. The molecule has 0 heterocycles. The number of halogens is 1. The Morgan fingerprint density at radius 2 is 2.25 bits per heavy atom. The standard InChI is InChI=1S/C15H22FN3O/c1-9-6-11(9)8-19(3)10(2)15(20)18-14-5-4-12(16)7-13(14)17/h4-5,7,9-11H,6,8,17H2,1-3H3,(H,18,20). The van der Waals surface area contributed by atoms with E-state index in [-0.39, 0.29) is 17.6 Å². The average molecular weight is 279 g/mol. The normalized spacial score (nSPS) is 22.6. The van der Waals surface area contributed by atoms with E-state index < -0.39 is 5.82 Å². The molecule has 5 heteroatoms. The third-order valence-electron chi connectivity index (χ3n) is 4.11. The molecule has 1 fully saturated rings. The second-order valence-corrected chi connectivity index (χ2v) is 5.81. The highest BCUT2D eigenvalue weighted by Crippen LogP contribution is 2.38. The molecule has 0 bridgehead atoms. The van der Waals surface area contributed by atoms with Crippen LogP contribution in [0.1, 0.15) is 20.3 Å². The lowest BCUT2D eigenvalue weighted by atomic mass is 10.2. The molecule has 1 saturated carbocycles. The maximum absolute atomic E-state index is 13.0. The van der Waals surface area contributed by atoms with Gasteiger partial charge in [-0.3, -0.25) is 9.69 Å². The van der Waals surface area contributed by atoms with Crippen molar-refractivity contribution in [1.82, 2.24) is 4.90 Å². The molecule has 1 aromatic rings. The van der Waals surface area contributed by atoms with Crippen LogP contribution in [0.15, 0.2) is 18.2 Å². The van der Waals surface area contributed by atoms with Gasteiger partial charge in [0.1, 0.15) is 5.82 Å². The van der Waals surface area contributed by atoms with Crippen molar-refractivity contribution in [2.24, 2.45) is 11.8 Å². The van der Waals surface area contributed by atoms with Crippen molar-refractivity contribution in [1.29, 1.82) is 0 Å². The van der Waals surface area contributed by atoms with E-state index >= 15 is 0 Å². The Hall–Kier alpha value is -1.62. The molecule has 1 aromatic carbocycles. The molecule has 2 rings (SSSR count). The molecule has 1 aliphatic rings. The predicted molar refractivity (Wildman–Crippen MR) is 78.8 cm³/mol. The molecule has 0 saturated heterocycles. The molecule has 3 unspecified atom stereocenters. The Kier molecular flexibility index (Phi) is 4.28. The molecule has 0 spiro atoms. The number of rotatable bonds is 5. The first-order valence-corrected chi connectivity index (χ1v) is 6.94. The molecular weight excluding hydrogens is 257 g/mol. The van der Waals surface area contributed by atoms with Crippen LogP contribution in [0.3, 0.4) is 0 Å². The fourth-order valence-electron chi connectivity index (χ4n) is 2.27. The van der Waals surface area contributed by atoms with Gasteiger partial charge in [-0.05, 0) is 50.4 Å².